The van der Waals surface area contributed by atoms with Crippen LogP contribution in [-0.4, -0.2) is 41.6 Å². The third-order valence-corrected chi connectivity index (χ3v) is 7.03. The number of nitrogens with one attached hydrogen (secondary N) is 1. The molecule has 7 nitrogen and oxygen atoms in total. The number of fused-ring (bicyclic) bond motifs is 3. The fraction of sp³-hybridized carbons (Fsp3) is 0.458. The third-order valence-electron chi connectivity index (χ3n) is 5.88. The van der Waals surface area contributed by atoms with Crippen LogP contribution in [0.4, 0.5) is 5.69 Å². The minimum atomic E-state index is -0.283. The summed E-state index contributed by atoms with van der Waals surface area (Å²) in [6.45, 7) is 4.59. The topological polar surface area (TPSA) is 76.5 Å². The van der Waals surface area contributed by atoms with Crippen molar-refractivity contribution in [2.45, 2.75) is 46.2 Å². The summed E-state index contributed by atoms with van der Waals surface area (Å²) in [6.07, 6.45) is 2.96. The summed E-state index contributed by atoms with van der Waals surface area (Å²) in [4.78, 5) is 35.5. The smallest absolute Gasteiger partial charge is 0.263 e. The molecule has 170 valence electrons. The van der Waals surface area contributed by atoms with Gasteiger partial charge in [0.15, 0.2) is 0 Å². The van der Waals surface area contributed by atoms with Gasteiger partial charge in [-0.05, 0) is 69.5 Å². The lowest BCUT2D eigenvalue weighted by Gasteiger charge is -2.18. The molecule has 3 aromatic rings. The first kappa shape index (κ1) is 22.5. The van der Waals surface area contributed by atoms with E-state index in [0.717, 1.165) is 35.2 Å². The molecule has 0 bridgehead atoms. The van der Waals surface area contributed by atoms with Crippen LogP contribution in [0.1, 0.15) is 35.2 Å². The van der Waals surface area contributed by atoms with E-state index in [-0.39, 0.29) is 18.0 Å². The molecule has 1 aliphatic rings. The molecule has 8 heteroatoms. The molecule has 0 radical (unpaired) electrons. The van der Waals surface area contributed by atoms with Crippen LogP contribution in [0.2, 0.25) is 0 Å². The molecule has 2 aromatic heterocycles. The molecule has 2 heterocycles. The molecule has 1 aliphatic carbocycles. The maximum absolute atomic E-state index is 13.6. The summed E-state index contributed by atoms with van der Waals surface area (Å²) in [5.74, 6) is 1.52. The Bertz CT molecular complexity index is 1230. The summed E-state index contributed by atoms with van der Waals surface area (Å²) in [6, 6.07) is 5.60. The van der Waals surface area contributed by atoms with Crippen LogP contribution in [0.15, 0.2) is 23.0 Å². The lowest BCUT2D eigenvalue weighted by Crippen LogP contribution is -2.33. The van der Waals surface area contributed by atoms with Gasteiger partial charge in [-0.15, -0.1) is 11.3 Å². The van der Waals surface area contributed by atoms with E-state index in [1.807, 2.05) is 44.1 Å². The lowest BCUT2D eigenvalue weighted by atomic mass is 9.89. The largest absolute Gasteiger partial charge is 0.495 e. The fourth-order valence-corrected chi connectivity index (χ4v) is 5.68. The van der Waals surface area contributed by atoms with Crippen molar-refractivity contribution in [1.29, 1.82) is 0 Å². The van der Waals surface area contributed by atoms with E-state index in [1.54, 1.807) is 18.4 Å². The number of ether oxygens (including phenoxy) is 1. The third kappa shape index (κ3) is 4.42. The predicted molar refractivity (Wildman–Crippen MR) is 129 cm³/mol. The van der Waals surface area contributed by atoms with Gasteiger partial charge < -0.3 is 15.0 Å². The molecular formula is C24H30N4O3S. The zero-order chi connectivity index (χ0) is 23.0. The van der Waals surface area contributed by atoms with E-state index in [4.69, 9.17) is 9.72 Å². The normalized spacial score (nSPS) is 15.8. The van der Waals surface area contributed by atoms with Crippen molar-refractivity contribution in [2.75, 3.05) is 26.5 Å². The van der Waals surface area contributed by atoms with Crippen molar-refractivity contribution in [3.8, 4) is 5.75 Å². The van der Waals surface area contributed by atoms with E-state index in [0.29, 0.717) is 35.1 Å². The molecule has 32 heavy (non-hydrogen) atoms. The predicted octanol–water partition coefficient (Wildman–Crippen LogP) is 3.60. The highest BCUT2D eigenvalue weighted by molar-refractivity contribution is 7.18. The van der Waals surface area contributed by atoms with E-state index in [1.165, 1.54) is 9.44 Å². The molecule has 1 aromatic carbocycles. The van der Waals surface area contributed by atoms with Gasteiger partial charge in [0.25, 0.3) is 5.56 Å². The number of carbonyl (C=O) groups is 1. The Hall–Kier alpha value is -2.71. The molecule has 0 fully saturated rings. The quantitative estimate of drug-likeness (QED) is 0.616. The van der Waals surface area contributed by atoms with Crippen molar-refractivity contribution in [3.05, 3.63) is 50.4 Å². The second-order valence-corrected chi connectivity index (χ2v) is 10.0. The molecule has 1 amide bonds. The number of hydrogen-bond acceptors (Lipinski definition) is 6. The summed E-state index contributed by atoms with van der Waals surface area (Å²) in [5.41, 5.74) is 2.61. The van der Waals surface area contributed by atoms with Crippen molar-refractivity contribution in [2.24, 2.45) is 5.92 Å². The first-order chi connectivity index (χ1) is 15.3. The number of methoxy groups -OCH3 is 1. The van der Waals surface area contributed by atoms with Gasteiger partial charge >= 0.3 is 0 Å². The summed E-state index contributed by atoms with van der Waals surface area (Å²) in [5, 5.41) is 3.60. The number of anilines is 1. The fourth-order valence-electron chi connectivity index (χ4n) is 4.28. The minimum absolute atomic E-state index is 0.0942. The molecule has 1 unspecified atom stereocenters. The zero-order valence-electron chi connectivity index (χ0n) is 19.3. The standard InChI is InChI=1S/C24H30N4O3S/c1-14-7-9-18(31-5)17(10-14)25-21(29)13-28-20(12-27(3)4)26-23-22(24(28)30)16-8-6-15(2)11-19(16)32-23/h7,9-10,15H,6,8,11-13H2,1-5H3,(H,25,29). The Morgan fingerprint density at radius 2 is 2.16 bits per heavy atom. The number of carbonyl (C=O) groups excluding carboxylic acids is 1. The number of hydrogen-bond donors (Lipinski definition) is 1. The lowest BCUT2D eigenvalue weighted by molar-refractivity contribution is -0.116. The van der Waals surface area contributed by atoms with Gasteiger partial charge in [-0.3, -0.25) is 14.2 Å². The highest BCUT2D eigenvalue weighted by Gasteiger charge is 2.25. The van der Waals surface area contributed by atoms with Gasteiger partial charge in [0, 0.05) is 4.88 Å². The maximum atomic E-state index is 13.6. The van der Waals surface area contributed by atoms with E-state index >= 15 is 0 Å². The van der Waals surface area contributed by atoms with E-state index in [9.17, 15) is 9.59 Å². The number of aryl methyl sites for hydroxylation is 2. The summed E-state index contributed by atoms with van der Waals surface area (Å²) in [7, 11) is 5.43. The molecule has 0 spiro atoms. The van der Waals surface area contributed by atoms with Crippen molar-refractivity contribution in [1.82, 2.24) is 14.5 Å². The Balaban J connectivity index is 1.73. The summed E-state index contributed by atoms with van der Waals surface area (Å²) >= 11 is 1.64. The van der Waals surface area contributed by atoms with Gasteiger partial charge in [-0.2, -0.15) is 0 Å². The highest BCUT2D eigenvalue weighted by Crippen LogP contribution is 2.36. The van der Waals surface area contributed by atoms with Crippen LogP contribution in [0.25, 0.3) is 10.2 Å². The molecule has 0 aliphatic heterocycles. The average Bonchev–Trinajstić information content (AvgIpc) is 3.08. The Kier molecular flexibility index (Phi) is 6.35. The minimum Gasteiger partial charge on any atom is -0.495 e. The summed E-state index contributed by atoms with van der Waals surface area (Å²) < 4.78 is 6.90. The number of amides is 1. The van der Waals surface area contributed by atoms with E-state index < -0.39 is 0 Å². The van der Waals surface area contributed by atoms with Crippen LogP contribution in [0.3, 0.4) is 0 Å². The number of benzene rings is 1. The van der Waals surface area contributed by atoms with Crippen LogP contribution < -0.4 is 15.6 Å². The van der Waals surface area contributed by atoms with Crippen molar-refractivity contribution >= 4 is 33.1 Å². The van der Waals surface area contributed by atoms with Gasteiger partial charge in [-0.25, -0.2) is 4.98 Å². The highest BCUT2D eigenvalue weighted by atomic mass is 32.1. The SMILES string of the molecule is COc1ccc(C)cc1NC(=O)Cn1c(CN(C)C)nc2sc3c(c2c1=O)CCC(C)C3. The van der Waals surface area contributed by atoms with Gasteiger partial charge in [-0.1, -0.05) is 13.0 Å². The van der Waals surface area contributed by atoms with E-state index in [2.05, 4.69) is 12.2 Å². The Morgan fingerprint density at radius 3 is 2.88 bits per heavy atom. The first-order valence-electron chi connectivity index (χ1n) is 10.9. The van der Waals surface area contributed by atoms with Crippen molar-refractivity contribution < 1.29 is 9.53 Å². The molecule has 1 atom stereocenters. The zero-order valence-corrected chi connectivity index (χ0v) is 20.1. The van der Waals surface area contributed by atoms with Crippen LogP contribution >= 0.6 is 11.3 Å². The Morgan fingerprint density at radius 1 is 1.38 bits per heavy atom. The second-order valence-electron chi connectivity index (χ2n) is 8.94. The number of aromatic nitrogens is 2. The van der Waals surface area contributed by atoms with Gasteiger partial charge in [0.2, 0.25) is 5.91 Å². The Labute approximate surface area is 192 Å². The maximum Gasteiger partial charge on any atom is 0.263 e. The van der Waals surface area contributed by atoms with Crippen LogP contribution in [-0.2, 0) is 30.7 Å². The number of thiophene rings is 1. The van der Waals surface area contributed by atoms with Crippen LogP contribution in [0.5, 0.6) is 5.75 Å². The monoisotopic (exact) mass is 454 g/mol. The molecule has 1 N–H and O–H groups in total. The van der Waals surface area contributed by atoms with Crippen LogP contribution in [0, 0.1) is 12.8 Å². The molecule has 0 saturated carbocycles. The molecule has 4 rings (SSSR count). The number of nitrogens with zero attached hydrogens (tertiary/aromatic N) is 3. The first-order valence-corrected chi connectivity index (χ1v) is 11.7. The molecular weight excluding hydrogens is 424 g/mol. The molecule has 0 saturated heterocycles. The van der Waals surface area contributed by atoms with Gasteiger partial charge in [0.05, 0.1) is 24.7 Å². The average molecular weight is 455 g/mol. The van der Waals surface area contributed by atoms with Gasteiger partial charge in [0.1, 0.15) is 22.9 Å². The number of rotatable bonds is 6. The second kappa shape index (κ2) is 9.03. The van der Waals surface area contributed by atoms with Crippen molar-refractivity contribution in [3.63, 3.8) is 0 Å².